The molecule has 1 N–H and O–H groups in total. The fourth-order valence-electron chi connectivity index (χ4n) is 3.36. The standard InChI is InChI=1S/C21H23BrN4O/c1-16(21(27)24-19-9-5-8-18(22)14-19)25-10-12-26(13-11-25)20(15-23)17-6-3-2-4-7-17/h2-9,14,16,20H,10-13H2,1H3,(H,24,27). The van der Waals surface area contributed by atoms with Crippen LogP contribution >= 0.6 is 15.9 Å². The third-order valence-corrected chi connectivity index (χ3v) is 5.46. The Labute approximate surface area is 168 Å². The zero-order valence-electron chi connectivity index (χ0n) is 15.3. The Morgan fingerprint density at radius 2 is 1.74 bits per heavy atom. The quantitative estimate of drug-likeness (QED) is 0.792. The van der Waals surface area contributed by atoms with Gasteiger partial charge in [0.05, 0.1) is 12.1 Å². The molecule has 1 saturated heterocycles. The summed E-state index contributed by atoms with van der Waals surface area (Å²) >= 11 is 3.42. The first-order valence-electron chi connectivity index (χ1n) is 9.07. The Hall–Kier alpha value is -2.20. The highest BCUT2D eigenvalue weighted by Gasteiger charge is 2.29. The van der Waals surface area contributed by atoms with Gasteiger partial charge in [0.25, 0.3) is 0 Å². The number of benzene rings is 2. The zero-order valence-corrected chi connectivity index (χ0v) is 16.9. The second kappa shape index (κ2) is 9.14. The highest BCUT2D eigenvalue weighted by Crippen LogP contribution is 2.22. The lowest BCUT2D eigenvalue weighted by molar-refractivity contribution is -0.121. The van der Waals surface area contributed by atoms with Gasteiger partial charge in [0.1, 0.15) is 6.04 Å². The van der Waals surface area contributed by atoms with Crippen LogP contribution in [-0.4, -0.2) is 47.9 Å². The van der Waals surface area contributed by atoms with E-state index >= 15 is 0 Å². The van der Waals surface area contributed by atoms with Crippen LogP contribution in [0.3, 0.4) is 0 Å². The number of nitriles is 1. The molecule has 6 heteroatoms. The van der Waals surface area contributed by atoms with Crippen LogP contribution < -0.4 is 5.32 Å². The van der Waals surface area contributed by atoms with Crippen molar-refractivity contribution in [3.8, 4) is 6.07 Å². The predicted molar refractivity (Wildman–Crippen MR) is 110 cm³/mol. The van der Waals surface area contributed by atoms with Crippen molar-refractivity contribution in [2.45, 2.75) is 19.0 Å². The molecule has 1 fully saturated rings. The molecule has 1 aliphatic rings. The van der Waals surface area contributed by atoms with Gasteiger partial charge in [-0.1, -0.05) is 52.3 Å². The molecule has 27 heavy (non-hydrogen) atoms. The molecule has 0 saturated carbocycles. The normalized spacial score (nSPS) is 17.7. The monoisotopic (exact) mass is 426 g/mol. The second-order valence-corrected chi connectivity index (χ2v) is 7.61. The minimum absolute atomic E-state index is 0.0126. The van der Waals surface area contributed by atoms with Crippen LogP contribution in [0.2, 0.25) is 0 Å². The van der Waals surface area contributed by atoms with E-state index in [1.54, 1.807) is 0 Å². The van der Waals surface area contributed by atoms with Crippen LogP contribution in [0.15, 0.2) is 59.1 Å². The molecular weight excluding hydrogens is 404 g/mol. The Bertz CT molecular complexity index is 812. The van der Waals surface area contributed by atoms with Crippen molar-refractivity contribution >= 4 is 27.5 Å². The Kier molecular flexibility index (Phi) is 6.62. The van der Waals surface area contributed by atoms with Gasteiger partial charge in [0.2, 0.25) is 5.91 Å². The minimum Gasteiger partial charge on any atom is -0.325 e. The lowest BCUT2D eigenvalue weighted by Crippen LogP contribution is -2.53. The highest BCUT2D eigenvalue weighted by molar-refractivity contribution is 9.10. The molecule has 5 nitrogen and oxygen atoms in total. The van der Waals surface area contributed by atoms with E-state index in [1.807, 2.05) is 61.5 Å². The average Bonchev–Trinajstić information content (AvgIpc) is 2.69. The molecule has 0 aliphatic carbocycles. The number of carbonyl (C=O) groups is 1. The van der Waals surface area contributed by atoms with Crippen LogP contribution in [0.25, 0.3) is 0 Å². The van der Waals surface area contributed by atoms with E-state index in [9.17, 15) is 10.1 Å². The van der Waals surface area contributed by atoms with Gasteiger partial charge in [0, 0.05) is 36.3 Å². The predicted octanol–water partition coefficient (Wildman–Crippen LogP) is 3.66. The summed E-state index contributed by atoms with van der Waals surface area (Å²) in [6.45, 7) is 4.99. The van der Waals surface area contributed by atoms with Crippen LogP contribution in [-0.2, 0) is 4.79 Å². The van der Waals surface area contributed by atoms with E-state index in [0.29, 0.717) is 0 Å². The lowest BCUT2D eigenvalue weighted by Gasteiger charge is -2.39. The summed E-state index contributed by atoms with van der Waals surface area (Å²) in [6, 6.07) is 19.4. The fraction of sp³-hybridized carbons (Fsp3) is 0.333. The van der Waals surface area contributed by atoms with Crippen molar-refractivity contribution in [2.24, 2.45) is 0 Å². The number of nitrogens with zero attached hydrogens (tertiary/aromatic N) is 3. The number of halogens is 1. The van der Waals surface area contributed by atoms with E-state index in [0.717, 1.165) is 41.9 Å². The van der Waals surface area contributed by atoms with Gasteiger partial charge >= 0.3 is 0 Å². The minimum atomic E-state index is -0.237. The number of nitrogens with one attached hydrogen (secondary N) is 1. The molecule has 1 aliphatic heterocycles. The Morgan fingerprint density at radius 3 is 2.37 bits per heavy atom. The lowest BCUT2D eigenvalue weighted by atomic mass is 10.1. The molecule has 2 aromatic carbocycles. The molecule has 2 atom stereocenters. The zero-order chi connectivity index (χ0) is 19.2. The topological polar surface area (TPSA) is 59.4 Å². The maximum absolute atomic E-state index is 12.6. The molecule has 2 unspecified atom stereocenters. The Morgan fingerprint density at radius 1 is 1.07 bits per heavy atom. The maximum atomic E-state index is 12.6. The summed E-state index contributed by atoms with van der Waals surface area (Å²) in [7, 11) is 0. The van der Waals surface area contributed by atoms with Crippen LogP contribution in [0.4, 0.5) is 5.69 Å². The van der Waals surface area contributed by atoms with Crippen molar-refractivity contribution in [1.82, 2.24) is 9.80 Å². The second-order valence-electron chi connectivity index (χ2n) is 6.69. The molecule has 2 aromatic rings. The maximum Gasteiger partial charge on any atom is 0.241 e. The van der Waals surface area contributed by atoms with Crippen LogP contribution in [0.5, 0.6) is 0 Å². The average molecular weight is 427 g/mol. The molecule has 140 valence electrons. The summed E-state index contributed by atoms with van der Waals surface area (Å²) in [5.74, 6) is -0.0126. The van der Waals surface area contributed by atoms with Gasteiger partial charge in [-0.15, -0.1) is 0 Å². The van der Waals surface area contributed by atoms with Crippen LogP contribution in [0.1, 0.15) is 18.5 Å². The smallest absolute Gasteiger partial charge is 0.241 e. The van der Waals surface area contributed by atoms with E-state index < -0.39 is 0 Å². The number of anilines is 1. The van der Waals surface area contributed by atoms with E-state index in [1.165, 1.54) is 0 Å². The molecule has 0 aromatic heterocycles. The molecule has 0 bridgehead atoms. The van der Waals surface area contributed by atoms with E-state index in [2.05, 4.69) is 37.1 Å². The van der Waals surface area contributed by atoms with Crippen molar-refractivity contribution < 1.29 is 4.79 Å². The first-order chi connectivity index (χ1) is 13.1. The first kappa shape index (κ1) is 19.6. The highest BCUT2D eigenvalue weighted by atomic mass is 79.9. The van der Waals surface area contributed by atoms with Gasteiger partial charge in [0.15, 0.2) is 0 Å². The largest absolute Gasteiger partial charge is 0.325 e. The SMILES string of the molecule is CC(C(=O)Nc1cccc(Br)c1)N1CCN(C(C#N)c2ccccc2)CC1. The van der Waals surface area contributed by atoms with Crippen molar-refractivity contribution in [3.05, 3.63) is 64.6 Å². The fourth-order valence-corrected chi connectivity index (χ4v) is 3.76. The summed E-state index contributed by atoms with van der Waals surface area (Å²) < 4.78 is 0.935. The number of amides is 1. The number of carbonyl (C=O) groups excluding carboxylic acids is 1. The van der Waals surface area contributed by atoms with Crippen molar-refractivity contribution in [2.75, 3.05) is 31.5 Å². The third-order valence-electron chi connectivity index (χ3n) is 4.97. The summed E-state index contributed by atoms with van der Waals surface area (Å²) in [5, 5.41) is 12.6. The van der Waals surface area contributed by atoms with Crippen LogP contribution in [0, 0.1) is 11.3 Å². The summed E-state index contributed by atoms with van der Waals surface area (Å²) in [5.41, 5.74) is 1.81. The summed E-state index contributed by atoms with van der Waals surface area (Å²) in [4.78, 5) is 16.9. The Balaban J connectivity index is 1.56. The molecular formula is C21H23BrN4O. The van der Waals surface area contributed by atoms with Gasteiger partial charge in [-0.3, -0.25) is 14.6 Å². The number of hydrogen-bond acceptors (Lipinski definition) is 4. The van der Waals surface area contributed by atoms with E-state index in [4.69, 9.17) is 0 Å². The number of piperazine rings is 1. The van der Waals surface area contributed by atoms with Crippen molar-refractivity contribution in [1.29, 1.82) is 5.26 Å². The molecule has 1 amide bonds. The molecule has 0 radical (unpaired) electrons. The first-order valence-corrected chi connectivity index (χ1v) is 9.87. The van der Waals surface area contributed by atoms with E-state index in [-0.39, 0.29) is 18.0 Å². The molecule has 0 spiro atoms. The van der Waals surface area contributed by atoms with Gasteiger partial charge < -0.3 is 5.32 Å². The van der Waals surface area contributed by atoms with Gasteiger partial charge in [-0.25, -0.2) is 0 Å². The number of hydrogen-bond donors (Lipinski definition) is 1. The third kappa shape index (κ3) is 4.95. The summed E-state index contributed by atoms with van der Waals surface area (Å²) in [6.07, 6.45) is 0. The number of rotatable bonds is 5. The van der Waals surface area contributed by atoms with Crippen molar-refractivity contribution in [3.63, 3.8) is 0 Å². The molecule has 1 heterocycles. The van der Waals surface area contributed by atoms with Gasteiger partial charge in [-0.05, 0) is 30.7 Å². The van der Waals surface area contributed by atoms with Gasteiger partial charge in [-0.2, -0.15) is 5.26 Å². The molecule has 3 rings (SSSR count).